The third-order valence-corrected chi connectivity index (χ3v) is 6.43. The first-order valence-electron chi connectivity index (χ1n) is 11.2. The predicted molar refractivity (Wildman–Crippen MR) is 124 cm³/mol. The van der Waals surface area contributed by atoms with Crippen LogP contribution in [0.25, 0.3) is 22.6 Å². The summed E-state index contributed by atoms with van der Waals surface area (Å²) >= 11 is 0. The van der Waals surface area contributed by atoms with Crippen molar-refractivity contribution < 1.29 is 0 Å². The smallest absolute Gasteiger partial charge is 0.252 e. The van der Waals surface area contributed by atoms with E-state index in [0.29, 0.717) is 5.92 Å². The molecule has 2 aliphatic rings. The van der Waals surface area contributed by atoms with Crippen LogP contribution >= 0.6 is 0 Å². The first-order chi connectivity index (χ1) is 15.7. The fraction of sp³-hybridized carbons (Fsp3) is 0.333. The van der Waals surface area contributed by atoms with E-state index in [2.05, 4.69) is 46.9 Å². The van der Waals surface area contributed by atoms with E-state index in [0.717, 1.165) is 84.9 Å². The Morgan fingerprint density at radius 2 is 1.88 bits per heavy atom. The molecule has 2 N–H and O–H groups in total. The largest absolute Gasteiger partial charge is 0.368 e. The summed E-state index contributed by atoms with van der Waals surface area (Å²) in [5, 5.41) is 0. The molecule has 6 rings (SSSR count). The van der Waals surface area contributed by atoms with E-state index in [9.17, 15) is 4.79 Å². The lowest BCUT2D eigenvalue weighted by Gasteiger charge is -2.36. The SMILES string of the molecule is O=c1[nH]c2cc(CN3CCN(c4ccc(-c5ncc[nH]5)nc4)CC3)cnc2cc1C1CC1. The van der Waals surface area contributed by atoms with Gasteiger partial charge in [0.05, 0.1) is 22.9 Å². The molecule has 8 heteroatoms. The maximum Gasteiger partial charge on any atom is 0.252 e. The van der Waals surface area contributed by atoms with Crippen LogP contribution in [0, 0.1) is 0 Å². The van der Waals surface area contributed by atoms with Crippen molar-refractivity contribution in [3.8, 4) is 11.5 Å². The Morgan fingerprint density at radius 3 is 2.59 bits per heavy atom. The number of fused-ring (bicyclic) bond motifs is 1. The molecule has 0 unspecified atom stereocenters. The van der Waals surface area contributed by atoms with Crippen LogP contribution in [-0.2, 0) is 6.54 Å². The van der Waals surface area contributed by atoms with Crippen molar-refractivity contribution in [1.29, 1.82) is 0 Å². The predicted octanol–water partition coefficient (Wildman–Crippen LogP) is 2.91. The standard InChI is InChI=1S/C24H25N7O/c32-24-19(17-1-2-17)12-21-22(29-24)11-16(13-27-21)15-30-7-9-31(10-8-30)18-3-4-20(28-14-18)23-25-5-6-26-23/h3-6,11-14,17H,1-2,7-10,15H2,(H,25,26)(H,29,32). The monoisotopic (exact) mass is 427 g/mol. The Morgan fingerprint density at radius 1 is 1.00 bits per heavy atom. The normalized spacial score (nSPS) is 17.2. The summed E-state index contributed by atoms with van der Waals surface area (Å²) < 4.78 is 0. The number of rotatable bonds is 5. The fourth-order valence-corrected chi connectivity index (χ4v) is 4.47. The lowest BCUT2D eigenvalue weighted by atomic mass is 10.1. The van der Waals surface area contributed by atoms with Crippen LogP contribution in [0.4, 0.5) is 5.69 Å². The zero-order valence-corrected chi connectivity index (χ0v) is 17.8. The maximum atomic E-state index is 12.4. The summed E-state index contributed by atoms with van der Waals surface area (Å²) in [6, 6.07) is 8.17. The first kappa shape index (κ1) is 19.2. The molecule has 0 atom stereocenters. The minimum atomic E-state index is 0.0410. The molecule has 32 heavy (non-hydrogen) atoms. The second-order valence-corrected chi connectivity index (χ2v) is 8.71. The van der Waals surface area contributed by atoms with Crippen LogP contribution in [0.3, 0.4) is 0 Å². The summed E-state index contributed by atoms with van der Waals surface area (Å²) in [7, 11) is 0. The highest BCUT2D eigenvalue weighted by molar-refractivity contribution is 5.75. The van der Waals surface area contributed by atoms with Crippen molar-refractivity contribution in [1.82, 2.24) is 29.8 Å². The summed E-state index contributed by atoms with van der Waals surface area (Å²) in [6.45, 7) is 4.66. The molecular formula is C24H25N7O. The van der Waals surface area contributed by atoms with Gasteiger partial charge in [0.2, 0.25) is 0 Å². The van der Waals surface area contributed by atoms with Crippen molar-refractivity contribution in [2.24, 2.45) is 0 Å². The molecule has 0 bridgehead atoms. The molecule has 0 aromatic carbocycles. The zero-order chi connectivity index (χ0) is 21.5. The van der Waals surface area contributed by atoms with Gasteiger partial charge in [0.15, 0.2) is 5.82 Å². The Balaban J connectivity index is 1.10. The molecule has 162 valence electrons. The summed E-state index contributed by atoms with van der Waals surface area (Å²) in [6.07, 6.45) is 9.64. The number of aromatic nitrogens is 5. The number of nitrogens with zero attached hydrogens (tertiary/aromatic N) is 5. The van der Waals surface area contributed by atoms with E-state index >= 15 is 0 Å². The van der Waals surface area contributed by atoms with E-state index in [4.69, 9.17) is 0 Å². The highest BCUT2D eigenvalue weighted by Crippen LogP contribution is 2.38. The van der Waals surface area contributed by atoms with Crippen LogP contribution in [-0.4, -0.2) is 56.0 Å². The van der Waals surface area contributed by atoms with Crippen LogP contribution in [0.15, 0.2) is 53.8 Å². The van der Waals surface area contributed by atoms with Gasteiger partial charge in [-0.1, -0.05) is 0 Å². The number of imidazole rings is 1. The van der Waals surface area contributed by atoms with Gasteiger partial charge in [0.1, 0.15) is 5.69 Å². The van der Waals surface area contributed by atoms with Crippen molar-refractivity contribution >= 4 is 16.7 Å². The van der Waals surface area contributed by atoms with Gasteiger partial charge in [-0.15, -0.1) is 0 Å². The van der Waals surface area contributed by atoms with Crippen molar-refractivity contribution in [3.63, 3.8) is 0 Å². The Hall–Kier alpha value is -3.52. The molecule has 4 aromatic rings. The summed E-state index contributed by atoms with van der Waals surface area (Å²) in [5.74, 6) is 1.22. The van der Waals surface area contributed by atoms with Gasteiger partial charge >= 0.3 is 0 Å². The highest BCUT2D eigenvalue weighted by atomic mass is 16.1. The quantitative estimate of drug-likeness (QED) is 0.509. The molecule has 1 aliphatic carbocycles. The van der Waals surface area contributed by atoms with Gasteiger partial charge in [-0.2, -0.15) is 0 Å². The number of hydrogen-bond donors (Lipinski definition) is 2. The van der Waals surface area contributed by atoms with E-state index in [1.54, 1.807) is 12.4 Å². The minimum Gasteiger partial charge on any atom is -0.368 e. The molecular weight excluding hydrogens is 402 g/mol. The van der Waals surface area contributed by atoms with E-state index in [1.165, 1.54) is 0 Å². The van der Waals surface area contributed by atoms with Gasteiger partial charge in [-0.25, -0.2) is 4.98 Å². The van der Waals surface area contributed by atoms with Gasteiger partial charge in [-0.05, 0) is 48.6 Å². The summed E-state index contributed by atoms with van der Waals surface area (Å²) in [4.78, 5) is 36.7. The molecule has 1 saturated heterocycles. The van der Waals surface area contributed by atoms with Gasteiger partial charge in [0.25, 0.3) is 5.56 Å². The Labute approximate surface area is 185 Å². The molecule has 2 fully saturated rings. The minimum absolute atomic E-state index is 0.0410. The lowest BCUT2D eigenvalue weighted by molar-refractivity contribution is 0.249. The maximum absolute atomic E-state index is 12.4. The Kier molecular flexibility index (Phi) is 4.72. The zero-order valence-electron chi connectivity index (χ0n) is 17.8. The fourth-order valence-electron chi connectivity index (χ4n) is 4.47. The van der Waals surface area contributed by atoms with Gasteiger partial charge < -0.3 is 14.9 Å². The average molecular weight is 428 g/mol. The second-order valence-electron chi connectivity index (χ2n) is 8.71. The number of anilines is 1. The number of H-pyrrole nitrogens is 2. The van der Waals surface area contributed by atoms with Crippen LogP contribution < -0.4 is 10.5 Å². The number of aromatic amines is 2. The van der Waals surface area contributed by atoms with Crippen LogP contribution in [0.2, 0.25) is 0 Å². The molecule has 0 radical (unpaired) electrons. The number of hydrogen-bond acceptors (Lipinski definition) is 6. The molecule has 0 spiro atoms. The Bertz CT molecular complexity index is 1280. The molecule has 1 saturated carbocycles. The second kappa shape index (κ2) is 7.87. The van der Waals surface area contributed by atoms with Gasteiger partial charge in [0, 0.05) is 56.9 Å². The average Bonchev–Trinajstić information content (AvgIpc) is 3.52. The number of pyridine rings is 3. The molecule has 1 aliphatic heterocycles. The topological polar surface area (TPSA) is 93.8 Å². The molecule has 4 aromatic heterocycles. The van der Waals surface area contributed by atoms with Crippen molar-refractivity contribution in [2.45, 2.75) is 25.3 Å². The van der Waals surface area contributed by atoms with E-state index in [1.807, 2.05) is 24.5 Å². The first-order valence-corrected chi connectivity index (χ1v) is 11.2. The highest BCUT2D eigenvalue weighted by Gasteiger charge is 2.26. The number of piperazine rings is 1. The molecule has 0 amide bonds. The molecule has 5 heterocycles. The van der Waals surface area contributed by atoms with E-state index in [-0.39, 0.29) is 5.56 Å². The van der Waals surface area contributed by atoms with E-state index < -0.39 is 0 Å². The third kappa shape index (κ3) is 3.78. The van der Waals surface area contributed by atoms with Crippen molar-refractivity contribution in [3.05, 3.63) is 70.5 Å². The lowest BCUT2D eigenvalue weighted by Crippen LogP contribution is -2.46. The van der Waals surface area contributed by atoms with Crippen LogP contribution in [0.1, 0.15) is 29.9 Å². The summed E-state index contributed by atoms with van der Waals surface area (Å²) in [5.41, 5.74) is 5.76. The molecule has 8 nitrogen and oxygen atoms in total. The van der Waals surface area contributed by atoms with Crippen molar-refractivity contribution in [2.75, 3.05) is 31.1 Å². The van der Waals surface area contributed by atoms with Gasteiger partial charge in [-0.3, -0.25) is 19.7 Å². The number of nitrogens with one attached hydrogen (secondary N) is 2. The third-order valence-electron chi connectivity index (χ3n) is 6.43. The van der Waals surface area contributed by atoms with Crippen LogP contribution in [0.5, 0.6) is 0 Å².